The highest BCUT2D eigenvalue weighted by Crippen LogP contribution is 2.30. The number of carboxylic acids is 1. The summed E-state index contributed by atoms with van der Waals surface area (Å²) >= 11 is 1.51. The monoisotopic (exact) mass is 269 g/mol. The lowest BCUT2D eigenvalue weighted by Gasteiger charge is -2.28. The molecule has 0 unspecified atom stereocenters. The highest BCUT2D eigenvalue weighted by Gasteiger charge is 2.32. The molecule has 100 valence electrons. The fourth-order valence-electron chi connectivity index (χ4n) is 1.40. The second kappa shape index (κ2) is 6.22. The fourth-order valence-corrected chi connectivity index (χ4v) is 2.41. The van der Waals surface area contributed by atoms with Gasteiger partial charge in [0, 0.05) is 10.5 Å². The summed E-state index contributed by atoms with van der Waals surface area (Å²) in [6.07, 6.45) is 0. The number of aliphatic hydroxyl groups excluding tert-OH is 1. The van der Waals surface area contributed by atoms with E-state index in [-0.39, 0.29) is 6.61 Å². The van der Waals surface area contributed by atoms with E-state index in [1.54, 1.807) is 0 Å². The summed E-state index contributed by atoms with van der Waals surface area (Å²) in [4.78, 5) is 10.9. The van der Waals surface area contributed by atoms with Crippen LogP contribution in [0.4, 0.5) is 0 Å². The Morgan fingerprint density at radius 1 is 1.33 bits per heavy atom. The third-order valence-corrected chi connectivity index (χ3v) is 4.31. The predicted molar refractivity (Wildman–Crippen MR) is 73.4 cm³/mol. The van der Waals surface area contributed by atoms with Gasteiger partial charge in [-0.2, -0.15) is 0 Å². The molecule has 4 N–H and O–H groups in total. The van der Waals surface area contributed by atoms with Crippen LogP contribution in [-0.4, -0.2) is 27.0 Å². The zero-order valence-corrected chi connectivity index (χ0v) is 11.4. The third-order valence-electron chi connectivity index (χ3n) is 2.83. The van der Waals surface area contributed by atoms with E-state index in [1.807, 2.05) is 38.1 Å². The smallest absolute Gasteiger partial charge is 0.321 e. The van der Waals surface area contributed by atoms with E-state index in [4.69, 9.17) is 15.9 Å². The van der Waals surface area contributed by atoms with E-state index < -0.39 is 16.8 Å². The zero-order chi connectivity index (χ0) is 13.8. The van der Waals surface area contributed by atoms with Gasteiger partial charge in [0.2, 0.25) is 0 Å². The molecule has 0 amide bonds. The largest absolute Gasteiger partial charge is 0.480 e. The molecule has 1 aromatic carbocycles. The van der Waals surface area contributed by atoms with Crippen molar-refractivity contribution in [1.82, 2.24) is 0 Å². The molecule has 0 spiro atoms. The Morgan fingerprint density at radius 2 is 1.83 bits per heavy atom. The number of aliphatic hydroxyl groups is 1. The molecule has 0 aromatic heterocycles. The van der Waals surface area contributed by atoms with Gasteiger partial charge in [-0.1, -0.05) is 24.3 Å². The quantitative estimate of drug-likeness (QED) is 0.730. The summed E-state index contributed by atoms with van der Waals surface area (Å²) in [5, 5.41) is 17.9. The Balaban J connectivity index is 2.60. The predicted octanol–water partition coefficient (Wildman–Crippen LogP) is 1.60. The minimum atomic E-state index is -0.983. The molecule has 0 aliphatic carbocycles. The number of hydrogen-bond donors (Lipinski definition) is 3. The van der Waals surface area contributed by atoms with E-state index in [2.05, 4.69) is 0 Å². The number of thioether (sulfide) groups is 1. The van der Waals surface area contributed by atoms with Crippen LogP contribution in [0.25, 0.3) is 0 Å². The second-order valence-corrected chi connectivity index (χ2v) is 6.31. The maximum Gasteiger partial charge on any atom is 0.321 e. The average Bonchev–Trinajstić information content (AvgIpc) is 2.36. The fraction of sp³-hybridized carbons (Fsp3) is 0.462. The number of nitrogens with two attached hydrogens (primary N) is 1. The number of aliphatic carboxylic acids is 1. The molecule has 0 aliphatic heterocycles. The van der Waals surface area contributed by atoms with Crippen molar-refractivity contribution in [3.05, 3.63) is 35.4 Å². The molecule has 0 fully saturated rings. The first-order valence-electron chi connectivity index (χ1n) is 5.68. The van der Waals surface area contributed by atoms with Crippen LogP contribution in [0.1, 0.15) is 25.0 Å². The lowest BCUT2D eigenvalue weighted by atomic mass is 10.1. The standard InChI is InChI=1S/C13H19NO3S/c1-13(2,11(14)12(16)17)18-8-10-5-3-9(7-15)4-6-10/h3-6,11,15H,7-8,14H2,1-2H3,(H,16,17)/t11-/m0/s1. The van der Waals surface area contributed by atoms with Crippen LogP contribution in [0.2, 0.25) is 0 Å². The molecule has 0 saturated heterocycles. The summed E-state index contributed by atoms with van der Waals surface area (Å²) in [5.74, 6) is -0.289. The van der Waals surface area contributed by atoms with Crippen molar-refractivity contribution in [2.24, 2.45) is 5.73 Å². The lowest BCUT2D eigenvalue weighted by Crippen LogP contribution is -2.46. The average molecular weight is 269 g/mol. The molecule has 0 aliphatic rings. The Morgan fingerprint density at radius 3 is 2.28 bits per heavy atom. The Bertz CT molecular complexity index is 403. The number of carbonyl (C=O) groups is 1. The summed E-state index contributed by atoms with van der Waals surface area (Å²) in [7, 11) is 0. The van der Waals surface area contributed by atoms with Crippen LogP contribution in [0.15, 0.2) is 24.3 Å². The van der Waals surface area contributed by atoms with Gasteiger partial charge < -0.3 is 15.9 Å². The van der Waals surface area contributed by atoms with Crippen molar-refractivity contribution in [3.63, 3.8) is 0 Å². The topological polar surface area (TPSA) is 83.5 Å². The van der Waals surface area contributed by atoms with Gasteiger partial charge in [0.15, 0.2) is 0 Å². The van der Waals surface area contributed by atoms with Crippen LogP contribution < -0.4 is 5.73 Å². The van der Waals surface area contributed by atoms with Crippen molar-refractivity contribution in [2.45, 2.75) is 37.0 Å². The van der Waals surface area contributed by atoms with Gasteiger partial charge in [-0.05, 0) is 25.0 Å². The third kappa shape index (κ3) is 4.01. The summed E-state index contributed by atoms with van der Waals surface area (Å²) in [6.45, 7) is 3.69. The van der Waals surface area contributed by atoms with Crippen molar-refractivity contribution >= 4 is 17.7 Å². The van der Waals surface area contributed by atoms with Crippen LogP contribution >= 0.6 is 11.8 Å². The first-order chi connectivity index (χ1) is 8.36. The van der Waals surface area contributed by atoms with Crippen LogP contribution in [0.3, 0.4) is 0 Å². The molecule has 5 heteroatoms. The van der Waals surface area contributed by atoms with E-state index in [1.165, 1.54) is 11.8 Å². The molecular formula is C13H19NO3S. The maximum absolute atomic E-state index is 10.9. The van der Waals surface area contributed by atoms with Crippen LogP contribution in [0.5, 0.6) is 0 Å². The van der Waals surface area contributed by atoms with Gasteiger partial charge in [0.1, 0.15) is 6.04 Å². The van der Waals surface area contributed by atoms with Gasteiger partial charge in [-0.3, -0.25) is 4.79 Å². The first kappa shape index (κ1) is 15.0. The van der Waals surface area contributed by atoms with Crippen LogP contribution in [0, 0.1) is 0 Å². The van der Waals surface area contributed by atoms with E-state index in [9.17, 15) is 4.79 Å². The van der Waals surface area contributed by atoms with Crippen molar-refractivity contribution in [1.29, 1.82) is 0 Å². The SMILES string of the molecule is CC(C)(SCc1ccc(CO)cc1)[C@@H](N)C(=O)O. The number of rotatable bonds is 6. The first-order valence-corrected chi connectivity index (χ1v) is 6.66. The molecule has 18 heavy (non-hydrogen) atoms. The van der Waals surface area contributed by atoms with E-state index in [0.717, 1.165) is 11.1 Å². The van der Waals surface area contributed by atoms with Gasteiger partial charge in [-0.15, -0.1) is 11.8 Å². The Hall–Kier alpha value is -1.04. The Labute approximate surface area is 111 Å². The molecule has 1 rings (SSSR count). The van der Waals surface area contributed by atoms with Gasteiger partial charge in [-0.25, -0.2) is 0 Å². The van der Waals surface area contributed by atoms with Crippen molar-refractivity contribution in [2.75, 3.05) is 0 Å². The summed E-state index contributed by atoms with van der Waals surface area (Å²) in [5.41, 5.74) is 7.60. The van der Waals surface area contributed by atoms with Crippen molar-refractivity contribution < 1.29 is 15.0 Å². The normalized spacial score (nSPS) is 13.3. The minimum absolute atomic E-state index is 0.0306. The number of benzene rings is 1. The van der Waals surface area contributed by atoms with E-state index >= 15 is 0 Å². The van der Waals surface area contributed by atoms with E-state index in [0.29, 0.717) is 5.75 Å². The zero-order valence-electron chi connectivity index (χ0n) is 10.6. The van der Waals surface area contributed by atoms with Gasteiger partial charge in [0.05, 0.1) is 6.61 Å². The number of hydrogen-bond acceptors (Lipinski definition) is 4. The summed E-state index contributed by atoms with van der Waals surface area (Å²) in [6, 6.07) is 6.70. The molecule has 0 heterocycles. The molecule has 0 bridgehead atoms. The maximum atomic E-state index is 10.9. The molecule has 4 nitrogen and oxygen atoms in total. The van der Waals surface area contributed by atoms with Crippen LogP contribution in [-0.2, 0) is 17.2 Å². The molecule has 0 saturated carbocycles. The van der Waals surface area contributed by atoms with Gasteiger partial charge in [0.25, 0.3) is 0 Å². The van der Waals surface area contributed by atoms with Gasteiger partial charge >= 0.3 is 5.97 Å². The molecule has 1 atom stereocenters. The highest BCUT2D eigenvalue weighted by atomic mass is 32.2. The second-order valence-electron chi connectivity index (χ2n) is 4.68. The van der Waals surface area contributed by atoms with Crippen molar-refractivity contribution in [3.8, 4) is 0 Å². The Kier molecular flexibility index (Phi) is 5.19. The minimum Gasteiger partial charge on any atom is -0.480 e. The molecule has 1 aromatic rings. The molecular weight excluding hydrogens is 250 g/mol. The lowest BCUT2D eigenvalue weighted by molar-refractivity contribution is -0.139. The number of carboxylic acid groups (broad SMARTS) is 1. The molecule has 0 radical (unpaired) electrons. The highest BCUT2D eigenvalue weighted by molar-refractivity contribution is 7.99. The summed E-state index contributed by atoms with van der Waals surface area (Å²) < 4.78 is -0.526.